The van der Waals surface area contributed by atoms with E-state index in [9.17, 15) is 4.79 Å². The van der Waals surface area contributed by atoms with Crippen molar-refractivity contribution in [2.24, 2.45) is 5.16 Å². The fourth-order valence-corrected chi connectivity index (χ4v) is 3.14. The van der Waals surface area contributed by atoms with E-state index in [1.807, 2.05) is 0 Å². The maximum atomic E-state index is 11.6. The summed E-state index contributed by atoms with van der Waals surface area (Å²) < 4.78 is 0. The Morgan fingerprint density at radius 2 is 2.38 bits per heavy atom. The lowest BCUT2D eigenvalue weighted by molar-refractivity contribution is -0.114. The first-order valence-corrected chi connectivity index (χ1v) is 7.35. The average molecular weight is 287 g/mol. The number of rotatable bonds is 3. The van der Waals surface area contributed by atoms with Crippen molar-refractivity contribution in [2.45, 2.75) is 31.9 Å². The van der Waals surface area contributed by atoms with E-state index in [0.29, 0.717) is 12.1 Å². The molecule has 1 aromatic rings. The number of carbonyl (C=O) groups is 1. The molecule has 21 heavy (non-hydrogen) atoms. The van der Waals surface area contributed by atoms with Crippen molar-refractivity contribution in [3.8, 4) is 0 Å². The van der Waals surface area contributed by atoms with Gasteiger partial charge in [-0.15, -0.1) is 0 Å². The maximum Gasteiger partial charge on any atom is 0.268 e. The molecule has 1 N–H and O–H groups in total. The second kappa shape index (κ2) is 5.48. The number of carbonyl (C=O) groups excluding carboxylic acids is 1. The third-order valence-corrected chi connectivity index (χ3v) is 4.21. The highest BCUT2D eigenvalue weighted by molar-refractivity contribution is 6.39. The Morgan fingerprint density at radius 3 is 3.14 bits per heavy atom. The van der Waals surface area contributed by atoms with Gasteiger partial charge in [0.1, 0.15) is 5.71 Å². The Kier molecular flexibility index (Phi) is 3.68. The number of aryl methyl sites for hydroxylation is 1. The molecule has 2 heterocycles. The molecule has 1 amide bonds. The molecule has 2 aliphatic rings. The van der Waals surface area contributed by atoms with Gasteiger partial charge in [0.25, 0.3) is 5.91 Å². The predicted molar refractivity (Wildman–Crippen MR) is 81.0 cm³/mol. The normalized spacial score (nSPS) is 25.0. The zero-order chi connectivity index (χ0) is 14.9. The van der Waals surface area contributed by atoms with Gasteiger partial charge in [0.05, 0.1) is 0 Å². The molecule has 2 aliphatic heterocycles. The molecular formula is C16H21N3O2. The first kappa shape index (κ1) is 14.1. The van der Waals surface area contributed by atoms with Crippen LogP contribution in [0.3, 0.4) is 0 Å². The van der Waals surface area contributed by atoms with Crippen LogP contribution in [0.4, 0.5) is 0 Å². The second-order valence-electron chi connectivity index (χ2n) is 6.02. The van der Waals surface area contributed by atoms with E-state index in [0.717, 1.165) is 26.1 Å². The number of hydrogen-bond acceptors (Lipinski definition) is 4. The Morgan fingerprint density at radius 1 is 1.52 bits per heavy atom. The molecule has 0 saturated carbocycles. The highest BCUT2D eigenvalue weighted by Gasteiger charge is 2.46. The number of amides is 1. The molecule has 0 unspecified atom stereocenters. The van der Waals surface area contributed by atoms with Crippen LogP contribution in [0.2, 0.25) is 0 Å². The fourth-order valence-electron chi connectivity index (χ4n) is 3.14. The van der Waals surface area contributed by atoms with Crippen molar-refractivity contribution in [2.75, 3.05) is 20.1 Å². The number of oxime groups is 1. The van der Waals surface area contributed by atoms with E-state index in [2.05, 4.69) is 46.6 Å². The highest BCUT2D eigenvalue weighted by atomic mass is 16.7. The van der Waals surface area contributed by atoms with Crippen LogP contribution in [0.25, 0.3) is 0 Å². The summed E-state index contributed by atoms with van der Waals surface area (Å²) >= 11 is 0. The van der Waals surface area contributed by atoms with Crippen molar-refractivity contribution in [3.05, 3.63) is 35.4 Å². The van der Waals surface area contributed by atoms with E-state index < -0.39 is 0 Å². The molecule has 0 radical (unpaired) electrons. The van der Waals surface area contributed by atoms with Crippen LogP contribution in [0.1, 0.15) is 24.0 Å². The van der Waals surface area contributed by atoms with E-state index in [4.69, 9.17) is 4.84 Å². The molecule has 5 nitrogen and oxygen atoms in total. The smallest absolute Gasteiger partial charge is 0.268 e. The van der Waals surface area contributed by atoms with Crippen molar-refractivity contribution >= 4 is 11.6 Å². The third-order valence-electron chi connectivity index (χ3n) is 4.21. The predicted octanol–water partition coefficient (Wildman–Crippen LogP) is 1.46. The molecule has 5 heteroatoms. The number of nitrogens with zero attached hydrogens (tertiary/aromatic N) is 2. The van der Waals surface area contributed by atoms with Gasteiger partial charge in [0.15, 0.2) is 5.60 Å². The monoisotopic (exact) mass is 287 g/mol. The SMILES string of the molecule is CNC(=O)C1=NO[C@]2(CCN(Cc3cccc(C)c3)C2)C1. The Labute approximate surface area is 125 Å². The van der Waals surface area contributed by atoms with Gasteiger partial charge in [-0.1, -0.05) is 35.0 Å². The summed E-state index contributed by atoms with van der Waals surface area (Å²) in [6.07, 6.45) is 1.53. The van der Waals surface area contributed by atoms with E-state index in [1.165, 1.54) is 11.1 Å². The lowest BCUT2D eigenvalue weighted by atomic mass is 9.96. The summed E-state index contributed by atoms with van der Waals surface area (Å²) in [5, 5.41) is 6.58. The Bertz CT molecular complexity index is 585. The average Bonchev–Trinajstić information content (AvgIpc) is 3.06. The molecular weight excluding hydrogens is 266 g/mol. The molecule has 0 aliphatic carbocycles. The molecule has 112 valence electrons. The van der Waals surface area contributed by atoms with Crippen LogP contribution in [-0.4, -0.2) is 42.3 Å². The van der Waals surface area contributed by atoms with E-state index >= 15 is 0 Å². The summed E-state index contributed by atoms with van der Waals surface area (Å²) in [5.41, 5.74) is 2.81. The van der Waals surface area contributed by atoms with Crippen molar-refractivity contribution < 1.29 is 9.63 Å². The van der Waals surface area contributed by atoms with Crippen molar-refractivity contribution in [1.29, 1.82) is 0 Å². The Balaban J connectivity index is 1.60. The van der Waals surface area contributed by atoms with E-state index in [1.54, 1.807) is 7.05 Å². The maximum absolute atomic E-state index is 11.6. The van der Waals surface area contributed by atoms with Crippen LogP contribution in [0.15, 0.2) is 29.4 Å². The molecule has 1 fully saturated rings. The minimum absolute atomic E-state index is 0.135. The van der Waals surface area contributed by atoms with Gasteiger partial charge in [0.2, 0.25) is 0 Å². The minimum atomic E-state index is -0.300. The molecule has 0 aromatic heterocycles. The number of nitrogens with one attached hydrogen (secondary N) is 1. The minimum Gasteiger partial charge on any atom is -0.387 e. The van der Waals surface area contributed by atoms with Gasteiger partial charge < -0.3 is 10.2 Å². The highest BCUT2D eigenvalue weighted by Crippen LogP contribution is 2.34. The third kappa shape index (κ3) is 2.93. The van der Waals surface area contributed by atoms with Gasteiger partial charge in [-0.2, -0.15) is 0 Å². The zero-order valence-corrected chi connectivity index (χ0v) is 12.6. The zero-order valence-electron chi connectivity index (χ0n) is 12.6. The van der Waals surface area contributed by atoms with Gasteiger partial charge in [0, 0.05) is 39.5 Å². The first-order chi connectivity index (χ1) is 10.1. The summed E-state index contributed by atoms with van der Waals surface area (Å²) in [4.78, 5) is 19.6. The second-order valence-corrected chi connectivity index (χ2v) is 6.02. The first-order valence-electron chi connectivity index (χ1n) is 7.35. The molecule has 3 rings (SSSR count). The molecule has 0 bridgehead atoms. The summed E-state index contributed by atoms with van der Waals surface area (Å²) in [5.74, 6) is -0.135. The van der Waals surface area contributed by atoms with Crippen LogP contribution in [-0.2, 0) is 16.2 Å². The van der Waals surface area contributed by atoms with Gasteiger partial charge in [-0.05, 0) is 12.5 Å². The molecule has 1 saturated heterocycles. The van der Waals surface area contributed by atoms with Crippen LogP contribution < -0.4 is 5.32 Å². The van der Waals surface area contributed by atoms with E-state index in [-0.39, 0.29) is 11.5 Å². The number of hydrogen-bond donors (Lipinski definition) is 1. The molecule has 1 spiro atoms. The van der Waals surface area contributed by atoms with Crippen LogP contribution in [0, 0.1) is 6.92 Å². The number of benzene rings is 1. The van der Waals surface area contributed by atoms with Crippen molar-refractivity contribution in [3.63, 3.8) is 0 Å². The van der Waals surface area contributed by atoms with Gasteiger partial charge >= 0.3 is 0 Å². The Hall–Kier alpha value is -1.88. The summed E-state index contributed by atoms with van der Waals surface area (Å²) in [6.45, 7) is 4.83. The lowest BCUT2D eigenvalue weighted by Crippen LogP contribution is -2.36. The van der Waals surface area contributed by atoms with Crippen molar-refractivity contribution in [1.82, 2.24) is 10.2 Å². The topological polar surface area (TPSA) is 53.9 Å². The lowest BCUT2D eigenvalue weighted by Gasteiger charge is -2.21. The standard InChI is InChI=1S/C16H21N3O2/c1-12-4-3-5-13(8-12)10-19-7-6-16(11-19)9-14(18-21-16)15(20)17-2/h3-5,8H,6-7,9-11H2,1-2H3,(H,17,20)/t16-/m1/s1. The summed E-state index contributed by atoms with van der Waals surface area (Å²) in [7, 11) is 1.62. The largest absolute Gasteiger partial charge is 0.387 e. The van der Waals surface area contributed by atoms with Gasteiger partial charge in [-0.25, -0.2) is 0 Å². The number of likely N-dealkylation sites (tertiary alicyclic amines) is 1. The van der Waals surface area contributed by atoms with Crippen LogP contribution >= 0.6 is 0 Å². The molecule has 1 aromatic carbocycles. The quantitative estimate of drug-likeness (QED) is 0.916. The van der Waals surface area contributed by atoms with Gasteiger partial charge in [-0.3, -0.25) is 9.69 Å². The molecule has 1 atom stereocenters. The summed E-state index contributed by atoms with van der Waals surface area (Å²) in [6, 6.07) is 8.57. The van der Waals surface area contributed by atoms with Crippen LogP contribution in [0.5, 0.6) is 0 Å². The fraction of sp³-hybridized carbons (Fsp3) is 0.500.